The lowest BCUT2D eigenvalue weighted by Gasteiger charge is -2.12. The van der Waals surface area contributed by atoms with Crippen molar-refractivity contribution in [3.05, 3.63) is 32.4 Å². The maximum Gasteiger partial charge on any atom is 0.233 e. The van der Waals surface area contributed by atoms with Gasteiger partial charge in [0.25, 0.3) is 0 Å². The van der Waals surface area contributed by atoms with Gasteiger partial charge >= 0.3 is 0 Å². The average molecular weight is 407 g/mol. The zero-order valence-corrected chi connectivity index (χ0v) is 14.1. The molecule has 0 unspecified atom stereocenters. The molecule has 0 saturated carbocycles. The van der Waals surface area contributed by atoms with Crippen molar-refractivity contribution in [3.63, 3.8) is 0 Å². The molecule has 1 aromatic carbocycles. The van der Waals surface area contributed by atoms with Crippen LogP contribution in [0.4, 0.5) is 17.6 Å². The summed E-state index contributed by atoms with van der Waals surface area (Å²) >= 11 is 12.8. The second-order valence-corrected chi connectivity index (χ2v) is 5.98. The van der Waals surface area contributed by atoms with Gasteiger partial charge in [-0.2, -0.15) is 15.0 Å². The number of nitrogens with one attached hydrogen (secondary N) is 1. The molecule has 0 saturated heterocycles. The van der Waals surface area contributed by atoms with Crippen molar-refractivity contribution < 1.29 is 0 Å². The van der Waals surface area contributed by atoms with E-state index < -0.39 is 0 Å². The summed E-state index contributed by atoms with van der Waals surface area (Å²) in [5.74, 6) is 0.885. The molecular weight excluding hydrogens is 397 g/mol. The molecule has 1 aromatic heterocycles. The van der Waals surface area contributed by atoms with Crippen LogP contribution in [0.3, 0.4) is 0 Å². The fourth-order valence-corrected chi connectivity index (χ4v) is 2.17. The quantitative estimate of drug-likeness (QED) is 0.837. The molecule has 0 atom stereocenters. The molecule has 0 spiro atoms. The Hall–Kier alpha value is -0.920. The maximum atomic E-state index is 5.88. The highest BCUT2D eigenvalue weighted by Gasteiger charge is 2.08. The largest absolute Gasteiger partial charge is 0.347 e. The first-order valence-corrected chi connectivity index (χ1v) is 7.23. The molecule has 2 rings (SSSR count). The van der Waals surface area contributed by atoms with E-state index in [2.05, 4.69) is 52.1 Å². The molecule has 8 heteroatoms. The number of halogens is 3. The van der Waals surface area contributed by atoms with Crippen LogP contribution in [0.25, 0.3) is 0 Å². The number of hydrogen-bond donors (Lipinski definition) is 1. The van der Waals surface area contributed by atoms with Crippen molar-refractivity contribution in [1.29, 1.82) is 0 Å². The van der Waals surface area contributed by atoms with Crippen LogP contribution in [0, 0.1) is 0 Å². The Labute approximate surface area is 132 Å². The smallest absolute Gasteiger partial charge is 0.233 e. The van der Waals surface area contributed by atoms with E-state index in [4.69, 9.17) is 11.6 Å². The molecule has 0 aliphatic carbocycles. The molecule has 0 amide bonds. The number of hydrogen-bond acceptors (Lipinski definition) is 5. The van der Waals surface area contributed by atoms with E-state index in [0.29, 0.717) is 11.9 Å². The van der Waals surface area contributed by atoms with Gasteiger partial charge in [-0.1, -0.05) is 15.9 Å². The van der Waals surface area contributed by atoms with Crippen molar-refractivity contribution >= 4 is 61.0 Å². The summed E-state index contributed by atoms with van der Waals surface area (Å²) in [4.78, 5) is 14.1. The highest BCUT2D eigenvalue weighted by Crippen LogP contribution is 2.28. The lowest BCUT2D eigenvalue weighted by Crippen LogP contribution is -2.14. The van der Waals surface area contributed by atoms with E-state index in [9.17, 15) is 0 Å². The number of rotatable bonds is 3. The summed E-state index contributed by atoms with van der Waals surface area (Å²) in [6.45, 7) is 0. The van der Waals surface area contributed by atoms with Gasteiger partial charge in [-0.3, -0.25) is 0 Å². The summed E-state index contributed by atoms with van der Waals surface area (Å²) in [7, 11) is 3.68. The van der Waals surface area contributed by atoms with Gasteiger partial charge in [0.05, 0.1) is 5.69 Å². The van der Waals surface area contributed by atoms with Crippen molar-refractivity contribution in [2.24, 2.45) is 0 Å². The first-order valence-electron chi connectivity index (χ1n) is 5.26. The zero-order valence-electron chi connectivity index (χ0n) is 10.2. The third-order valence-electron chi connectivity index (χ3n) is 2.17. The fraction of sp³-hybridized carbons (Fsp3) is 0.182. The van der Waals surface area contributed by atoms with Crippen LogP contribution in [0.5, 0.6) is 0 Å². The molecular formula is C11H10Br2ClN5. The average Bonchev–Trinajstić information content (AvgIpc) is 2.33. The van der Waals surface area contributed by atoms with Crippen LogP contribution >= 0.6 is 43.5 Å². The number of aromatic nitrogens is 3. The minimum Gasteiger partial charge on any atom is -0.347 e. The lowest BCUT2D eigenvalue weighted by molar-refractivity contribution is 0.961. The minimum absolute atomic E-state index is 0.146. The van der Waals surface area contributed by atoms with Gasteiger partial charge in [0, 0.05) is 23.0 Å². The van der Waals surface area contributed by atoms with E-state index in [1.165, 1.54) is 0 Å². The van der Waals surface area contributed by atoms with Crippen LogP contribution < -0.4 is 10.2 Å². The van der Waals surface area contributed by atoms with Crippen LogP contribution in [-0.2, 0) is 0 Å². The van der Waals surface area contributed by atoms with Crippen LogP contribution in [-0.4, -0.2) is 29.0 Å². The molecule has 0 bridgehead atoms. The van der Waals surface area contributed by atoms with Crippen LogP contribution in [0.15, 0.2) is 27.1 Å². The van der Waals surface area contributed by atoms with E-state index in [1.54, 1.807) is 4.90 Å². The van der Waals surface area contributed by atoms with Gasteiger partial charge in [-0.05, 0) is 45.7 Å². The molecule has 19 heavy (non-hydrogen) atoms. The van der Waals surface area contributed by atoms with Crippen molar-refractivity contribution in [3.8, 4) is 0 Å². The first-order chi connectivity index (χ1) is 8.95. The lowest BCUT2D eigenvalue weighted by atomic mass is 10.3. The topological polar surface area (TPSA) is 53.9 Å². The second kappa shape index (κ2) is 6.02. The number of nitrogens with zero attached hydrogens (tertiary/aromatic N) is 4. The second-order valence-electron chi connectivity index (χ2n) is 3.87. The Bertz CT molecular complexity index is 606. The summed E-state index contributed by atoms with van der Waals surface area (Å²) in [5.41, 5.74) is 0.835. The Kier molecular flexibility index (Phi) is 4.59. The van der Waals surface area contributed by atoms with Gasteiger partial charge in [0.15, 0.2) is 0 Å². The molecule has 0 fully saturated rings. The van der Waals surface area contributed by atoms with Crippen LogP contribution in [0.2, 0.25) is 5.28 Å². The molecule has 100 valence electrons. The third-order valence-corrected chi connectivity index (χ3v) is 3.52. The van der Waals surface area contributed by atoms with Crippen LogP contribution in [0.1, 0.15) is 0 Å². The van der Waals surface area contributed by atoms with Gasteiger partial charge in [0.2, 0.25) is 17.2 Å². The summed E-state index contributed by atoms with van der Waals surface area (Å²) in [6.07, 6.45) is 0. The van der Waals surface area contributed by atoms with E-state index in [0.717, 1.165) is 14.6 Å². The molecule has 1 heterocycles. The third kappa shape index (κ3) is 3.77. The predicted molar refractivity (Wildman–Crippen MR) is 84.3 cm³/mol. The highest BCUT2D eigenvalue weighted by atomic mass is 79.9. The molecule has 1 N–H and O–H groups in total. The molecule has 2 aromatic rings. The SMILES string of the molecule is CN(C)c1nc(Cl)nc(Nc2cc(Br)ccc2Br)n1. The Morgan fingerprint density at radius 1 is 1.16 bits per heavy atom. The van der Waals surface area contributed by atoms with E-state index in [-0.39, 0.29) is 5.28 Å². The number of anilines is 3. The monoisotopic (exact) mass is 405 g/mol. The zero-order chi connectivity index (χ0) is 14.0. The van der Waals surface area contributed by atoms with Crippen molar-refractivity contribution in [1.82, 2.24) is 15.0 Å². The first kappa shape index (κ1) is 14.5. The normalized spacial score (nSPS) is 10.4. The van der Waals surface area contributed by atoms with Gasteiger partial charge in [0.1, 0.15) is 0 Å². The van der Waals surface area contributed by atoms with Gasteiger partial charge in [-0.25, -0.2) is 0 Å². The fourth-order valence-electron chi connectivity index (χ4n) is 1.31. The minimum atomic E-state index is 0.146. The Balaban J connectivity index is 2.35. The Morgan fingerprint density at radius 2 is 1.89 bits per heavy atom. The molecule has 0 aliphatic rings. The van der Waals surface area contributed by atoms with E-state index >= 15 is 0 Å². The number of benzene rings is 1. The highest BCUT2D eigenvalue weighted by molar-refractivity contribution is 9.11. The maximum absolute atomic E-state index is 5.88. The van der Waals surface area contributed by atoms with Gasteiger partial charge < -0.3 is 10.2 Å². The Morgan fingerprint density at radius 3 is 2.58 bits per heavy atom. The van der Waals surface area contributed by atoms with E-state index in [1.807, 2.05) is 32.3 Å². The summed E-state index contributed by atoms with van der Waals surface area (Å²) in [5, 5.41) is 3.24. The van der Waals surface area contributed by atoms with Crippen molar-refractivity contribution in [2.45, 2.75) is 0 Å². The summed E-state index contributed by atoms with van der Waals surface area (Å²) < 4.78 is 1.85. The standard InChI is InChI=1S/C11H10Br2ClN5/c1-19(2)11-17-9(14)16-10(18-11)15-8-5-6(12)3-4-7(8)13/h3-5H,1-2H3,(H,15,16,17,18). The molecule has 5 nitrogen and oxygen atoms in total. The predicted octanol–water partition coefficient (Wildman–Crippen LogP) is 3.86. The van der Waals surface area contributed by atoms with Crippen molar-refractivity contribution in [2.75, 3.05) is 24.3 Å². The molecule has 0 radical (unpaired) electrons. The molecule has 0 aliphatic heterocycles. The van der Waals surface area contributed by atoms with Gasteiger partial charge in [-0.15, -0.1) is 0 Å². The summed E-state index contributed by atoms with van der Waals surface area (Å²) in [6, 6.07) is 5.76.